The van der Waals surface area contributed by atoms with Crippen LogP contribution < -0.4 is 46.1 Å². The number of carbonyl (C=O) groups excluding carboxylic acids is 4. The van der Waals surface area contributed by atoms with Crippen LogP contribution in [0.4, 0.5) is 0 Å². The molecule has 0 unspecified atom stereocenters. The van der Waals surface area contributed by atoms with Gasteiger partial charge in [0.25, 0.3) is 0 Å². The quantitative estimate of drug-likeness (QED) is 0.247. The fraction of sp³-hybridized carbons (Fsp3) is 0.714. The standard InChI is InChI=1S/C14H24N4O4.2ClH.Sn/c19-11-3-1-4-12(20)16-8-10-18-14(22)6-2-5-13(21)17-9-7-15-11;;;/h1-10H2,(H,15,19)(H,16,20)(H,17,21)(H,18,22);2*1H;/q;;;+2/p-2. The van der Waals surface area contributed by atoms with Gasteiger partial charge in [-0.2, -0.15) is 0 Å². The minimum Gasteiger partial charge on any atom is -1.00 e. The molecular weight excluding hydrogens is 478 g/mol. The third-order valence-electron chi connectivity index (χ3n) is 3.15. The summed E-state index contributed by atoms with van der Waals surface area (Å²) in [5.41, 5.74) is 0. The molecule has 0 aromatic heterocycles. The topological polar surface area (TPSA) is 116 Å². The summed E-state index contributed by atoms with van der Waals surface area (Å²) < 4.78 is 0. The van der Waals surface area contributed by atoms with E-state index in [4.69, 9.17) is 0 Å². The van der Waals surface area contributed by atoms with Crippen molar-refractivity contribution in [2.24, 2.45) is 0 Å². The van der Waals surface area contributed by atoms with Gasteiger partial charge in [-0.1, -0.05) is 0 Å². The van der Waals surface area contributed by atoms with Crippen LogP contribution in [-0.4, -0.2) is 73.7 Å². The van der Waals surface area contributed by atoms with Crippen LogP contribution in [0, 0.1) is 0 Å². The SMILES string of the molecule is O=C1CCCC(=O)NCCNC(=O)CCCC(=O)NCCN1.[Cl-].[Cl-].[Sn+2]. The fourth-order valence-corrected chi connectivity index (χ4v) is 1.98. The number of rotatable bonds is 0. The second-order valence-corrected chi connectivity index (χ2v) is 5.11. The Balaban J connectivity index is -0.00000161. The third-order valence-corrected chi connectivity index (χ3v) is 3.15. The van der Waals surface area contributed by atoms with Crippen LogP contribution in [0.1, 0.15) is 38.5 Å². The molecular formula is C14H24Cl2N4O4Sn. The Hall–Kier alpha value is -0.741. The van der Waals surface area contributed by atoms with Crippen LogP contribution in [0.15, 0.2) is 0 Å². The largest absolute Gasteiger partial charge is 2.00 e. The molecule has 1 aliphatic rings. The first kappa shape index (κ1) is 29.0. The Morgan fingerprint density at radius 3 is 0.880 bits per heavy atom. The van der Waals surface area contributed by atoms with Crippen LogP contribution in [0.2, 0.25) is 0 Å². The van der Waals surface area contributed by atoms with Gasteiger partial charge in [-0.05, 0) is 12.8 Å². The zero-order valence-electron chi connectivity index (χ0n) is 14.0. The number of halogens is 2. The van der Waals surface area contributed by atoms with E-state index in [1.807, 2.05) is 0 Å². The molecule has 25 heavy (non-hydrogen) atoms. The normalized spacial score (nSPS) is 18.2. The Bertz CT molecular complexity index is 354. The van der Waals surface area contributed by atoms with Crippen LogP contribution in [0.25, 0.3) is 0 Å². The van der Waals surface area contributed by atoms with E-state index in [2.05, 4.69) is 21.3 Å². The molecule has 1 fully saturated rings. The maximum atomic E-state index is 11.5. The molecule has 142 valence electrons. The predicted molar refractivity (Wildman–Crippen MR) is 85.5 cm³/mol. The molecule has 0 aromatic rings. The Morgan fingerprint density at radius 2 is 0.680 bits per heavy atom. The molecule has 1 aliphatic heterocycles. The second kappa shape index (κ2) is 18.1. The van der Waals surface area contributed by atoms with Crippen molar-refractivity contribution < 1.29 is 44.0 Å². The van der Waals surface area contributed by atoms with E-state index in [0.29, 0.717) is 39.0 Å². The minimum absolute atomic E-state index is 0. The molecule has 0 spiro atoms. The Labute approximate surface area is 177 Å². The number of hydrogen-bond donors (Lipinski definition) is 4. The van der Waals surface area contributed by atoms with Gasteiger partial charge in [0, 0.05) is 51.9 Å². The van der Waals surface area contributed by atoms with Gasteiger partial charge < -0.3 is 46.1 Å². The molecule has 0 atom stereocenters. The van der Waals surface area contributed by atoms with Gasteiger partial charge in [-0.15, -0.1) is 0 Å². The molecule has 8 nitrogen and oxygen atoms in total. The summed E-state index contributed by atoms with van der Waals surface area (Å²) in [5.74, 6) is -0.517. The number of carbonyl (C=O) groups is 4. The van der Waals surface area contributed by atoms with Crippen LogP contribution >= 0.6 is 0 Å². The van der Waals surface area contributed by atoms with E-state index in [-0.39, 0.29) is 98.0 Å². The van der Waals surface area contributed by atoms with Gasteiger partial charge >= 0.3 is 23.9 Å². The smallest absolute Gasteiger partial charge is 1.00 e. The monoisotopic (exact) mass is 502 g/mol. The summed E-state index contributed by atoms with van der Waals surface area (Å²) in [6, 6.07) is 0. The molecule has 0 bridgehead atoms. The van der Waals surface area contributed by atoms with Crippen molar-refractivity contribution in [1.82, 2.24) is 21.3 Å². The van der Waals surface area contributed by atoms with E-state index < -0.39 is 0 Å². The Morgan fingerprint density at radius 1 is 0.480 bits per heavy atom. The van der Waals surface area contributed by atoms with Crippen LogP contribution in [-0.2, 0) is 19.2 Å². The first-order valence-corrected chi connectivity index (χ1v) is 7.64. The van der Waals surface area contributed by atoms with Crippen molar-refractivity contribution in [3.8, 4) is 0 Å². The average molecular weight is 502 g/mol. The maximum Gasteiger partial charge on any atom is 2.00 e. The zero-order chi connectivity index (χ0) is 16.2. The third kappa shape index (κ3) is 16.5. The van der Waals surface area contributed by atoms with Gasteiger partial charge in [0.1, 0.15) is 0 Å². The first-order chi connectivity index (χ1) is 10.6. The van der Waals surface area contributed by atoms with Crippen LogP contribution in [0.5, 0.6) is 0 Å². The summed E-state index contributed by atoms with van der Waals surface area (Å²) in [4.78, 5) is 46.0. The number of hydrogen-bond acceptors (Lipinski definition) is 4. The first-order valence-electron chi connectivity index (χ1n) is 7.64. The zero-order valence-corrected chi connectivity index (χ0v) is 18.3. The van der Waals surface area contributed by atoms with E-state index in [1.54, 1.807) is 0 Å². The number of amides is 4. The number of nitrogens with one attached hydrogen (secondary N) is 4. The molecule has 1 rings (SSSR count). The average Bonchev–Trinajstić information content (AvgIpc) is 2.47. The maximum absolute atomic E-state index is 11.5. The molecule has 4 amide bonds. The van der Waals surface area contributed by atoms with Crippen molar-refractivity contribution in [3.05, 3.63) is 0 Å². The van der Waals surface area contributed by atoms with Gasteiger partial charge in [0.05, 0.1) is 0 Å². The molecule has 0 aliphatic carbocycles. The van der Waals surface area contributed by atoms with Crippen molar-refractivity contribution in [2.75, 3.05) is 26.2 Å². The predicted octanol–water partition coefficient (Wildman–Crippen LogP) is -7.57. The van der Waals surface area contributed by atoms with E-state index in [1.165, 1.54) is 0 Å². The molecule has 2 radical (unpaired) electrons. The summed E-state index contributed by atoms with van der Waals surface area (Å²) in [5, 5.41) is 10.7. The summed E-state index contributed by atoms with van der Waals surface area (Å²) in [6.45, 7) is 1.43. The van der Waals surface area contributed by atoms with Gasteiger partial charge in [0.15, 0.2) is 0 Å². The van der Waals surface area contributed by atoms with E-state index >= 15 is 0 Å². The second-order valence-electron chi connectivity index (χ2n) is 5.11. The van der Waals surface area contributed by atoms with Crippen LogP contribution in [0.3, 0.4) is 0 Å². The molecule has 0 aromatic carbocycles. The fourth-order valence-electron chi connectivity index (χ4n) is 1.98. The van der Waals surface area contributed by atoms with E-state index in [9.17, 15) is 19.2 Å². The van der Waals surface area contributed by atoms with Crippen molar-refractivity contribution in [1.29, 1.82) is 0 Å². The van der Waals surface area contributed by atoms with Gasteiger partial charge in [0.2, 0.25) is 23.6 Å². The molecule has 11 heteroatoms. The summed E-state index contributed by atoms with van der Waals surface area (Å²) in [7, 11) is 0. The summed E-state index contributed by atoms with van der Waals surface area (Å²) in [6.07, 6.45) is 2.04. The minimum atomic E-state index is -0.129. The summed E-state index contributed by atoms with van der Waals surface area (Å²) >= 11 is 0. The van der Waals surface area contributed by atoms with E-state index in [0.717, 1.165) is 0 Å². The Kier molecular flexibility index (Phi) is 21.0. The molecule has 1 saturated heterocycles. The van der Waals surface area contributed by atoms with Crippen molar-refractivity contribution >= 4 is 47.5 Å². The molecule has 1 heterocycles. The molecule has 0 saturated carbocycles. The van der Waals surface area contributed by atoms with Gasteiger partial charge in [-0.3, -0.25) is 19.2 Å². The van der Waals surface area contributed by atoms with Gasteiger partial charge in [-0.25, -0.2) is 0 Å². The van der Waals surface area contributed by atoms with Crippen molar-refractivity contribution in [3.63, 3.8) is 0 Å². The van der Waals surface area contributed by atoms with Crippen molar-refractivity contribution in [2.45, 2.75) is 38.5 Å². The molecule has 4 N–H and O–H groups in total.